The van der Waals surface area contributed by atoms with E-state index in [-0.39, 0.29) is 16.4 Å². The number of amides is 1. The topological polar surface area (TPSA) is 89.4 Å². The van der Waals surface area contributed by atoms with Crippen LogP contribution in [-0.4, -0.2) is 37.2 Å². The van der Waals surface area contributed by atoms with Gasteiger partial charge in [-0.3, -0.25) is 14.2 Å². The molecule has 0 unspecified atom stereocenters. The molecule has 4 aromatic rings. The van der Waals surface area contributed by atoms with Crippen molar-refractivity contribution in [3.8, 4) is 0 Å². The summed E-state index contributed by atoms with van der Waals surface area (Å²) < 4.78 is 40.0. The summed E-state index contributed by atoms with van der Waals surface area (Å²) in [6.45, 7) is 1.67. The van der Waals surface area contributed by atoms with Crippen LogP contribution >= 0.6 is 11.6 Å². The molecular formula is C20H16ClF3N6O. The van der Waals surface area contributed by atoms with E-state index in [4.69, 9.17) is 17.3 Å². The Morgan fingerprint density at radius 3 is 2.61 bits per heavy atom. The van der Waals surface area contributed by atoms with E-state index in [2.05, 4.69) is 15.0 Å². The van der Waals surface area contributed by atoms with Crippen LogP contribution in [0, 0.1) is 0 Å². The van der Waals surface area contributed by atoms with Gasteiger partial charge in [0, 0.05) is 13.2 Å². The Bertz CT molecular complexity index is 1300. The van der Waals surface area contributed by atoms with Gasteiger partial charge in [0.15, 0.2) is 0 Å². The Hall–Kier alpha value is -3.40. The third-order valence-electron chi connectivity index (χ3n) is 5.14. The summed E-state index contributed by atoms with van der Waals surface area (Å²) in [4.78, 5) is 26.8. The third-order valence-corrected chi connectivity index (χ3v) is 5.45. The maximum atomic E-state index is 13.2. The largest absolute Gasteiger partial charge is 0.417 e. The van der Waals surface area contributed by atoms with Crippen molar-refractivity contribution in [2.75, 3.05) is 12.8 Å². The number of hydrogen-bond acceptors (Lipinski definition) is 5. The highest BCUT2D eigenvalue weighted by Gasteiger charge is 2.31. The second-order valence-corrected chi connectivity index (χ2v) is 7.44. The number of carbonyl (C=O) groups is 1. The number of benzene rings is 1. The number of pyridine rings is 1. The summed E-state index contributed by atoms with van der Waals surface area (Å²) in [5, 5.41) is 0.170. The maximum absolute atomic E-state index is 13.2. The molecule has 0 spiro atoms. The van der Waals surface area contributed by atoms with Crippen LogP contribution in [0.15, 0.2) is 43.0 Å². The van der Waals surface area contributed by atoms with Gasteiger partial charge in [0.25, 0.3) is 5.91 Å². The van der Waals surface area contributed by atoms with Crippen molar-refractivity contribution in [2.24, 2.45) is 0 Å². The number of rotatable bonds is 3. The zero-order valence-corrected chi connectivity index (χ0v) is 17.1. The average Bonchev–Trinajstić information content (AvgIpc) is 3.22. The van der Waals surface area contributed by atoms with Gasteiger partial charge in [-0.2, -0.15) is 13.2 Å². The third kappa shape index (κ3) is 3.63. The van der Waals surface area contributed by atoms with Crippen LogP contribution in [0.5, 0.6) is 0 Å². The highest BCUT2D eigenvalue weighted by molar-refractivity contribution is 6.34. The molecule has 7 nitrogen and oxygen atoms in total. The molecule has 1 amide bonds. The van der Waals surface area contributed by atoms with Gasteiger partial charge in [-0.1, -0.05) is 11.6 Å². The normalized spacial score (nSPS) is 13.0. The minimum atomic E-state index is -4.48. The summed E-state index contributed by atoms with van der Waals surface area (Å²) in [5.41, 5.74) is 7.26. The maximum Gasteiger partial charge on any atom is 0.417 e. The van der Waals surface area contributed by atoms with Crippen molar-refractivity contribution in [1.82, 2.24) is 24.3 Å². The fourth-order valence-corrected chi connectivity index (χ4v) is 3.48. The van der Waals surface area contributed by atoms with Crippen LogP contribution in [0.2, 0.25) is 5.02 Å². The molecule has 1 atom stereocenters. The Labute approximate surface area is 179 Å². The predicted octanol–water partition coefficient (Wildman–Crippen LogP) is 4.37. The van der Waals surface area contributed by atoms with Crippen molar-refractivity contribution >= 4 is 39.9 Å². The summed E-state index contributed by atoms with van der Waals surface area (Å²) in [7, 11) is 1.53. The molecule has 0 radical (unpaired) electrons. The standard InChI is InChI=1S/C20H16ClF3N6O/c1-10(14-4-3-11(7-27-14)20(22,23)24)29(2)19(31)12-5-16-15(6-13(12)21)28-18(25)17-8-26-9-30(16)17/h3-10H,1-2H3,(H2,25,28)/t10-/m1/s1. The molecule has 3 aromatic heterocycles. The Balaban J connectivity index is 1.69. The van der Waals surface area contributed by atoms with E-state index in [1.165, 1.54) is 24.1 Å². The molecule has 3 heterocycles. The Kier molecular flexibility index (Phi) is 4.97. The molecule has 4 rings (SSSR count). The minimum Gasteiger partial charge on any atom is -0.382 e. The molecule has 0 aliphatic rings. The monoisotopic (exact) mass is 448 g/mol. The van der Waals surface area contributed by atoms with Crippen molar-refractivity contribution in [3.63, 3.8) is 0 Å². The lowest BCUT2D eigenvalue weighted by Gasteiger charge is -2.25. The van der Waals surface area contributed by atoms with Crippen LogP contribution < -0.4 is 5.73 Å². The van der Waals surface area contributed by atoms with Gasteiger partial charge < -0.3 is 10.6 Å². The number of aromatic nitrogens is 4. The number of fused-ring (bicyclic) bond motifs is 3. The zero-order valence-electron chi connectivity index (χ0n) is 16.4. The number of imidazole rings is 1. The van der Waals surface area contributed by atoms with Crippen LogP contribution in [0.1, 0.15) is 34.6 Å². The number of alkyl halides is 3. The first-order chi connectivity index (χ1) is 14.6. The predicted molar refractivity (Wildman–Crippen MR) is 110 cm³/mol. The second kappa shape index (κ2) is 7.38. The number of nitrogen functional groups attached to an aromatic ring is 1. The van der Waals surface area contributed by atoms with E-state index < -0.39 is 23.7 Å². The lowest BCUT2D eigenvalue weighted by molar-refractivity contribution is -0.137. The van der Waals surface area contributed by atoms with Gasteiger partial charge in [-0.25, -0.2) is 9.97 Å². The molecule has 2 N–H and O–H groups in total. The molecule has 31 heavy (non-hydrogen) atoms. The van der Waals surface area contributed by atoms with Gasteiger partial charge in [-0.05, 0) is 31.2 Å². The molecule has 0 aliphatic carbocycles. The number of nitrogens with zero attached hydrogens (tertiary/aromatic N) is 5. The number of halogens is 4. The summed E-state index contributed by atoms with van der Waals surface area (Å²) in [6, 6.07) is 4.71. The second-order valence-electron chi connectivity index (χ2n) is 7.03. The van der Waals surface area contributed by atoms with Crippen LogP contribution in [-0.2, 0) is 6.18 Å². The van der Waals surface area contributed by atoms with E-state index in [1.54, 1.807) is 29.9 Å². The lowest BCUT2D eigenvalue weighted by atomic mass is 10.1. The first-order valence-corrected chi connectivity index (χ1v) is 9.47. The molecule has 0 aliphatic heterocycles. The first-order valence-electron chi connectivity index (χ1n) is 9.09. The minimum absolute atomic E-state index is 0.170. The molecule has 0 bridgehead atoms. The van der Waals surface area contributed by atoms with Crippen molar-refractivity contribution < 1.29 is 18.0 Å². The molecule has 1 aromatic carbocycles. The van der Waals surface area contributed by atoms with Gasteiger partial charge in [0.05, 0.1) is 51.4 Å². The van der Waals surface area contributed by atoms with E-state index in [1.807, 2.05) is 0 Å². The first kappa shape index (κ1) is 20.9. The summed E-state index contributed by atoms with van der Waals surface area (Å²) in [5.74, 6) is -0.148. The summed E-state index contributed by atoms with van der Waals surface area (Å²) in [6.07, 6.45) is -0.622. The molecule has 0 saturated carbocycles. The highest BCUT2D eigenvalue weighted by Crippen LogP contribution is 2.31. The smallest absolute Gasteiger partial charge is 0.382 e. The van der Waals surface area contributed by atoms with E-state index >= 15 is 0 Å². The van der Waals surface area contributed by atoms with Crippen molar-refractivity contribution in [1.29, 1.82) is 0 Å². The summed E-state index contributed by atoms with van der Waals surface area (Å²) >= 11 is 6.35. The zero-order chi connectivity index (χ0) is 22.5. The van der Waals surface area contributed by atoms with Gasteiger partial charge >= 0.3 is 6.18 Å². The van der Waals surface area contributed by atoms with Gasteiger partial charge in [0.1, 0.15) is 11.3 Å². The van der Waals surface area contributed by atoms with Crippen molar-refractivity contribution in [2.45, 2.75) is 19.1 Å². The quantitative estimate of drug-likeness (QED) is 0.503. The van der Waals surface area contributed by atoms with E-state index in [0.717, 1.165) is 12.3 Å². The van der Waals surface area contributed by atoms with Gasteiger partial charge in [0.2, 0.25) is 0 Å². The Morgan fingerprint density at radius 2 is 1.97 bits per heavy atom. The SMILES string of the molecule is C[C@H](c1ccc(C(F)(F)F)cn1)N(C)C(=O)c1cc2c(cc1Cl)nc(N)c1cncn12. The average molecular weight is 449 g/mol. The number of hydrogen-bond donors (Lipinski definition) is 1. The molecule has 0 fully saturated rings. The van der Waals surface area contributed by atoms with Crippen LogP contribution in [0.3, 0.4) is 0 Å². The number of carbonyl (C=O) groups excluding carboxylic acids is 1. The Morgan fingerprint density at radius 1 is 1.23 bits per heavy atom. The lowest BCUT2D eigenvalue weighted by Crippen LogP contribution is -2.30. The van der Waals surface area contributed by atoms with Crippen LogP contribution in [0.25, 0.3) is 16.6 Å². The molecule has 160 valence electrons. The van der Waals surface area contributed by atoms with Crippen molar-refractivity contribution in [3.05, 3.63) is 64.8 Å². The highest BCUT2D eigenvalue weighted by atomic mass is 35.5. The molecular weight excluding hydrogens is 433 g/mol. The van der Waals surface area contributed by atoms with E-state index in [9.17, 15) is 18.0 Å². The van der Waals surface area contributed by atoms with Crippen LogP contribution in [0.4, 0.5) is 19.0 Å². The van der Waals surface area contributed by atoms with Gasteiger partial charge in [-0.15, -0.1) is 0 Å². The molecule has 0 saturated heterocycles. The van der Waals surface area contributed by atoms with E-state index in [0.29, 0.717) is 22.2 Å². The fraction of sp³-hybridized carbons (Fsp3) is 0.200. The molecule has 11 heteroatoms. The number of anilines is 1. The number of nitrogens with two attached hydrogens (primary N) is 1. The fourth-order valence-electron chi connectivity index (χ4n) is 3.25.